The van der Waals surface area contributed by atoms with E-state index in [1.807, 2.05) is 4.90 Å². The number of aromatic nitrogens is 2. The molecule has 2 aliphatic rings. The van der Waals surface area contributed by atoms with Crippen LogP contribution < -0.4 is 5.32 Å². The lowest BCUT2D eigenvalue weighted by Gasteiger charge is -2.35. The van der Waals surface area contributed by atoms with Gasteiger partial charge in [-0.1, -0.05) is 6.07 Å². The molecule has 3 heterocycles. The number of nitrogens with zero attached hydrogens (tertiary/aromatic N) is 3. The molecule has 0 aliphatic carbocycles. The van der Waals surface area contributed by atoms with Gasteiger partial charge in [-0.2, -0.15) is 0 Å². The molecule has 0 saturated carbocycles. The van der Waals surface area contributed by atoms with E-state index in [-0.39, 0.29) is 23.9 Å². The van der Waals surface area contributed by atoms with Crippen molar-refractivity contribution in [3.05, 3.63) is 53.4 Å². The molecule has 2 bridgehead atoms. The highest BCUT2D eigenvalue weighted by Gasteiger charge is 2.43. The Bertz CT molecular complexity index is 779. The third-order valence-electron chi connectivity index (χ3n) is 4.78. The van der Waals surface area contributed by atoms with E-state index in [4.69, 9.17) is 0 Å². The molecular weight excluding hydrogens is 295 g/mol. The first-order valence-corrected chi connectivity index (χ1v) is 7.77. The normalized spacial score (nSPS) is 21.9. The quantitative estimate of drug-likeness (QED) is 0.879. The molecule has 1 aromatic heterocycles. The van der Waals surface area contributed by atoms with Crippen molar-refractivity contribution < 1.29 is 9.18 Å². The second-order valence-corrected chi connectivity index (χ2v) is 6.18. The van der Waals surface area contributed by atoms with Crippen molar-refractivity contribution in [2.24, 2.45) is 0 Å². The van der Waals surface area contributed by atoms with Crippen molar-refractivity contribution in [2.45, 2.75) is 38.3 Å². The Kier molecular flexibility index (Phi) is 3.25. The first-order chi connectivity index (χ1) is 11.1. The Morgan fingerprint density at radius 2 is 2.26 bits per heavy atom. The van der Waals surface area contributed by atoms with E-state index in [1.54, 1.807) is 31.6 Å². The molecule has 0 spiro atoms. The number of hydrogen-bond acceptors (Lipinski definition) is 3. The van der Waals surface area contributed by atoms with Crippen LogP contribution in [0.5, 0.6) is 0 Å². The average molecular weight is 312 g/mol. The molecule has 2 atom stereocenters. The molecule has 1 saturated heterocycles. The van der Waals surface area contributed by atoms with Gasteiger partial charge in [0, 0.05) is 29.9 Å². The molecule has 118 valence electrons. The van der Waals surface area contributed by atoms with Crippen molar-refractivity contribution in [1.29, 1.82) is 0 Å². The van der Waals surface area contributed by atoms with E-state index < -0.39 is 0 Å². The molecule has 0 radical (unpaired) electrons. The summed E-state index contributed by atoms with van der Waals surface area (Å²) in [4.78, 5) is 23.0. The minimum absolute atomic E-state index is 0.0141. The second-order valence-electron chi connectivity index (χ2n) is 6.18. The lowest BCUT2D eigenvalue weighted by molar-refractivity contribution is 0.178. The number of fused-ring (bicyclic) bond motifs is 4. The number of amides is 2. The van der Waals surface area contributed by atoms with Crippen LogP contribution in [0.1, 0.15) is 35.7 Å². The fourth-order valence-electron chi connectivity index (χ4n) is 3.59. The summed E-state index contributed by atoms with van der Waals surface area (Å²) in [6.45, 7) is 1.70. The van der Waals surface area contributed by atoms with Crippen molar-refractivity contribution in [2.75, 3.05) is 5.32 Å². The number of nitrogens with one attached hydrogen (secondary N) is 1. The highest BCUT2D eigenvalue weighted by molar-refractivity contribution is 5.90. The van der Waals surface area contributed by atoms with Gasteiger partial charge in [-0.05, 0) is 37.5 Å². The van der Waals surface area contributed by atoms with Gasteiger partial charge in [-0.25, -0.2) is 19.2 Å². The predicted octanol–water partition coefficient (Wildman–Crippen LogP) is 3.22. The van der Waals surface area contributed by atoms with Crippen LogP contribution >= 0.6 is 0 Å². The van der Waals surface area contributed by atoms with Gasteiger partial charge < -0.3 is 10.2 Å². The lowest BCUT2D eigenvalue weighted by Crippen LogP contribution is -2.44. The first kappa shape index (κ1) is 14.1. The van der Waals surface area contributed by atoms with Crippen molar-refractivity contribution in [3.8, 4) is 0 Å². The number of anilines is 1. The molecule has 1 aromatic carbocycles. The SMILES string of the molecule is Cc1ccc(NC(=O)N2C3CCC2c2cncnc2C3)cc1F. The Morgan fingerprint density at radius 3 is 3.09 bits per heavy atom. The fraction of sp³-hybridized carbons (Fsp3) is 0.353. The van der Waals surface area contributed by atoms with E-state index in [2.05, 4.69) is 15.3 Å². The smallest absolute Gasteiger partial charge is 0.314 e. The molecule has 6 heteroatoms. The number of aryl methyl sites for hydroxylation is 1. The van der Waals surface area contributed by atoms with Gasteiger partial charge in [-0.15, -0.1) is 0 Å². The van der Waals surface area contributed by atoms with E-state index in [0.29, 0.717) is 11.3 Å². The molecule has 2 aromatic rings. The number of urea groups is 1. The maximum Gasteiger partial charge on any atom is 0.322 e. The third-order valence-corrected chi connectivity index (χ3v) is 4.78. The van der Waals surface area contributed by atoms with Gasteiger partial charge in [0.15, 0.2) is 0 Å². The van der Waals surface area contributed by atoms with Crippen LogP contribution in [0.2, 0.25) is 0 Å². The highest BCUT2D eigenvalue weighted by atomic mass is 19.1. The predicted molar refractivity (Wildman–Crippen MR) is 83.5 cm³/mol. The third kappa shape index (κ3) is 2.34. The largest absolute Gasteiger partial charge is 0.322 e. The van der Waals surface area contributed by atoms with Gasteiger partial charge in [0.25, 0.3) is 0 Å². The minimum Gasteiger partial charge on any atom is -0.314 e. The van der Waals surface area contributed by atoms with Gasteiger partial charge >= 0.3 is 6.03 Å². The van der Waals surface area contributed by atoms with Crippen LogP contribution in [0.25, 0.3) is 0 Å². The average Bonchev–Trinajstić information content (AvgIpc) is 2.86. The topological polar surface area (TPSA) is 58.1 Å². The maximum atomic E-state index is 13.7. The van der Waals surface area contributed by atoms with E-state index in [1.165, 1.54) is 6.07 Å². The zero-order chi connectivity index (χ0) is 16.0. The molecule has 4 rings (SSSR count). The molecule has 2 unspecified atom stereocenters. The summed E-state index contributed by atoms with van der Waals surface area (Å²) in [6, 6.07) is 4.72. The Labute approximate surface area is 133 Å². The van der Waals surface area contributed by atoms with Crippen LogP contribution in [0, 0.1) is 12.7 Å². The summed E-state index contributed by atoms with van der Waals surface area (Å²) < 4.78 is 13.7. The summed E-state index contributed by atoms with van der Waals surface area (Å²) in [5.74, 6) is -0.317. The Balaban J connectivity index is 1.59. The number of carbonyl (C=O) groups excluding carboxylic acids is 1. The van der Waals surface area contributed by atoms with Gasteiger partial charge in [0.1, 0.15) is 12.1 Å². The minimum atomic E-state index is -0.317. The number of hydrogen-bond donors (Lipinski definition) is 1. The van der Waals surface area contributed by atoms with Gasteiger partial charge in [0.2, 0.25) is 0 Å². The van der Waals surface area contributed by atoms with E-state index in [9.17, 15) is 9.18 Å². The molecule has 2 aliphatic heterocycles. The monoisotopic (exact) mass is 312 g/mol. The summed E-state index contributed by atoms with van der Waals surface area (Å²) >= 11 is 0. The zero-order valence-corrected chi connectivity index (χ0v) is 12.8. The van der Waals surface area contributed by atoms with Crippen molar-refractivity contribution in [1.82, 2.24) is 14.9 Å². The van der Waals surface area contributed by atoms with E-state index >= 15 is 0 Å². The molecule has 1 N–H and O–H groups in total. The molecule has 5 nitrogen and oxygen atoms in total. The molecule has 1 fully saturated rings. The van der Waals surface area contributed by atoms with E-state index in [0.717, 1.165) is 30.5 Å². The van der Waals surface area contributed by atoms with Crippen LogP contribution in [-0.2, 0) is 6.42 Å². The molecular formula is C17H17FN4O. The molecule has 2 amide bonds. The van der Waals surface area contributed by atoms with Crippen molar-refractivity contribution >= 4 is 11.7 Å². The lowest BCUT2D eigenvalue weighted by atomic mass is 10.00. The second kappa shape index (κ2) is 5.30. The van der Waals surface area contributed by atoms with Crippen LogP contribution in [-0.4, -0.2) is 26.9 Å². The summed E-state index contributed by atoms with van der Waals surface area (Å²) in [5, 5.41) is 2.82. The standard InChI is InChI=1S/C17H17FN4O/c1-10-2-3-11(6-14(10)18)21-17(23)22-12-4-5-16(22)13-8-19-9-20-15(13)7-12/h2-3,6,8-9,12,16H,4-5,7H2,1H3,(H,21,23). The van der Waals surface area contributed by atoms with Crippen molar-refractivity contribution in [3.63, 3.8) is 0 Å². The summed E-state index contributed by atoms with van der Waals surface area (Å²) in [6.07, 6.45) is 5.99. The summed E-state index contributed by atoms with van der Waals surface area (Å²) in [7, 11) is 0. The van der Waals surface area contributed by atoms with Crippen LogP contribution in [0.3, 0.4) is 0 Å². The fourth-order valence-corrected chi connectivity index (χ4v) is 3.59. The highest BCUT2D eigenvalue weighted by Crippen LogP contribution is 2.42. The first-order valence-electron chi connectivity index (χ1n) is 7.77. The molecule has 23 heavy (non-hydrogen) atoms. The Hall–Kier alpha value is -2.50. The van der Waals surface area contributed by atoms with Gasteiger partial charge in [0.05, 0.1) is 11.7 Å². The number of carbonyl (C=O) groups is 1. The number of rotatable bonds is 1. The Morgan fingerprint density at radius 1 is 1.39 bits per heavy atom. The summed E-state index contributed by atoms with van der Waals surface area (Å²) in [5.41, 5.74) is 3.11. The van der Waals surface area contributed by atoms with Crippen LogP contribution in [0.4, 0.5) is 14.9 Å². The maximum absolute atomic E-state index is 13.7. The zero-order valence-electron chi connectivity index (χ0n) is 12.8. The number of benzene rings is 1. The number of halogens is 1. The van der Waals surface area contributed by atoms with Crippen LogP contribution in [0.15, 0.2) is 30.7 Å². The van der Waals surface area contributed by atoms with Gasteiger partial charge in [-0.3, -0.25) is 0 Å².